The van der Waals surface area contributed by atoms with Gasteiger partial charge < -0.3 is 19.3 Å². The maximum Gasteiger partial charge on any atom is 0.233 e. The van der Waals surface area contributed by atoms with E-state index in [9.17, 15) is 9.90 Å². The van der Waals surface area contributed by atoms with Gasteiger partial charge in [-0.25, -0.2) is 0 Å². The molecule has 2 aromatic rings. The van der Waals surface area contributed by atoms with Crippen molar-refractivity contribution in [2.24, 2.45) is 0 Å². The van der Waals surface area contributed by atoms with Gasteiger partial charge in [-0.15, -0.1) is 0 Å². The minimum absolute atomic E-state index is 0.0719. The van der Waals surface area contributed by atoms with Crippen LogP contribution in [0.5, 0.6) is 0 Å². The normalized spacial score (nSPS) is 30.7. The number of aryl methyl sites for hydroxylation is 2. The van der Waals surface area contributed by atoms with Crippen LogP contribution in [-0.2, 0) is 14.2 Å². The van der Waals surface area contributed by atoms with Gasteiger partial charge in [0.05, 0.1) is 31.3 Å². The third-order valence-electron chi connectivity index (χ3n) is 5.35. The Bertz CT molecular complexity index is 783. The molecule has 2 aliphatic heterocycles. The summed E-state index contributed by atoms with van der Waals surface area (Å²) in [6, 6.07) is 13.5. The van der Waals surface area contributed by atoms with Crippen LogP contribution in [0, 0.1) is 13.8 Å². The highest BCUT2D eigenvalue weighted by Crippen LogP contribution is 2.34. The molecule has 6 heteroatoms. The Kier molecular flexibility index (Phi) is 5.14. The zero-order chi connectivity index (χ0) is 19.0. The molecule has 3 heterocycles. The first-order valence-electron chi connectivity index (χ1n) is 9.36. The van der Waals surface area contributed by atoms with E-state index in [0.29, 0.717) is 13.0 Å². The molecule has 1 N–H and O–H groups in total. The van der Waals surface area contributed by atoms with Crippen LogP contribution >= 0.6 is 0 Å². The average molecular weight is 371 g/mol. The van der Waals surface area contributed by atoms with Crippen molar-refractivity contribution >= 4 is 5.91 Å². The topological polar surface area (TPSA) is 69.9 Å². The summed E-state index contributed by atoms with van der Waals surface area (Å²) in [4.78, 5) is 12.7. The molecular formula is C21H25NO5. The van der Waals surface area contributed by atoms with Crippen LogP contribution in [0.2, 0.25) is 0 Å². The van der Waals surface area contributed by atoms with E-state index in [1.807, 2.05) is 56.3 Å². The minimum atomic E-state index is -0.749. The summed E-state index contributed by atoms with van der Waals surface area (Å²) in [5, 5.41) is 10.5. The molecule has 0 spiro atoms. The molecular weight excluding hydrogens is 346 g/mol. The number of nitrogens with zero attached hydrogens (tertiary/aromatic N) is 1. The summed E-state index contributed by atoms with van der Waals surface area (Å²) in [5.41, 5.74) is 2.72. The molecule has 144 valence electrons. The largest absolute Gasteiger partial charge is 0.390 e. The quantitative estimate of drug-likeness (QED) is 0.898. The van der Waals surface area contributed by atoms with E-state index in [4.69, 9.17) is 14.2 Å². The lowest BCUT2D eigenvalue weighted by Gasteiger charge is -2.44. The summed E-state index contributed by atoms with van der Waals surface area (Å²) < 4.78 is 19.5. The van der Waals surface area contributed by atoms with Gasteiger partial charge in [-0.1, -0.05) is 30.3 Å². The molecule has 2 fully saturated rings. The molecule has 1 aromatic carbocycles. The van der Waals surface area contributed by atoms with Gasteiger partial charge in [0.2, 0.25) is 5.91 Å². The van der Waals surface area contributed by atoms with Crippen LogP contribution in [0.3, 0.4) is 0 Å². The number of fused-ring (bicyclic) bond motifs is 1. The maximum absolute atomic E-state index is 12.7. The Morgan fingerprint density at radius 3 is 2.48 bits per heavy atom. The zero-order valence-electron chi connectivity index (χ0n) is 15.6. The van der Waals surface area contributed by atoms with Crippen LogP contribution in [0.15, 0.2) is 42.5 Å². The highest BCUT2D eigenvalue weighted by Gasteiger charge is 2.43. The van der Waals surface area contributed by atoms with Gasteiger partial charge in [-0.3, -0.25) is 9.36 Å². The lowest BCUT2D eigenvalue weighted by molar-refractivity contribution is -0.301. The number of hydrogen-bond acceptors (Lipinski definition) is 5. The third kappa shape index (κ3) is 3.71. The molecule has 5 atom stereocenters. The standard InChI is InChI=1S/C21H25NO5/c1-13-8-9-14(2)22(13)20(24)11-17-16(23)10-18-19(26-17)12-25-21(27-18)15-6-4-3-5-7-15/h3-9,16-19,21,23H,10-12H2,1-2H3/t16-,17+,18+,19-,21-/m1/s1. The first kappa shape index (κ1) is 18.4. The lowest BCUT2D eigenvalue weighted by Crippen LogP contribution is -2.53. The van der Waals surface area contributed by atoms with Crippen molar-refractivity contribution in [2.75, 3.05) is 6.61 Å². The second-order valence-electron chi connectivity index (χ2n) is 7.32. The molecule has 27 heavy (non-hydrogen) atoms. The Morgan fingerprint density at radius 2 is 1.78 bits per heavy atom. The third-order valence-corrected chi connectivity index (χ3v) is 5.35. The van der Waals surface area contributed by atoms with Crippen molar-refractivity contribution in [3.05, 3.63) is 59.4 Å². The number of carbonyl (C=O) groups is 1. The fourth-order valence-electron chi connectivity index (χ4n) is 3.91. The van der Waals surface area contributed by atoms with Crippen molar-refractivity contribution in [3.63, 3.8) is 0 Å². The maximum atomic E-state index is 12.7. The molecule has 0 amide bonds. The van der Waals surface area contributed by atoms with Crippen molar-refractivity contribution in [2.45, 2.75) is 57.4 Å². The van der Waals surface area contributed by atoms with E-state index in [-0.39, 0.29) is 24.5 Å². The number of benzene rings is 1. The van der Waals surface area contributed by atoms with Gasteiger partial charge in [0.1, 0.15) is 6.10 Å². The summed E-state index contributed by atoms with van der Waals surface area (Å²) in [5.74, 6) is -0.0719. The van der Waals surface area contributed by atoms with Gasteiger partial charge in [0.15, 0.2) is 6.29 Å². The molecule has 0 bridgehead atoms. The number of aliphatic hydroxyl groups excluding tert-OH is 1. The highest BCUT2D eigenvalue weighted by atomic mass is 16.7. The number of hydrogen-bond donors (Lipinski definition) is 1. The Morgan fingerprint density at radius 1 is 1.07 bits per heavy atom. The SMILES string of the molecule is Cc1ccc(C)n1C(=O)C[C@@H]1O[C@@H]2CO[C@@H](c3ccccc3)O[C@H]2C[C@H]1O. The van der Waals surface area contributed by atoms with E-state index in [1.165, 1.54) is 0 Å². The van der Waals surface area contributed by atoms with Crippen LogP contribution < -0.4 is 0 Å². The lowest BCUT2D eigenvalue weighted by atomic mass is 9.95. The van der Waals surface area contributed by atoms with Crippen LogP contribution in [0.4, 0.5) is 0 Å². The second-order valence-corrected chi connectivity index (χ2v) is 7.32. The molecule has 2 saturated heterocycles. The molecule has 2 aliphatic rings. The van der Waals surface area contributed by atoms with Crippen LogP contribution in [0.25, 0.3) is 0 Å². The van der Waals surface area contributed by atoms with Crippen molar-refractivity contribution in [1.29, 1.82) is 0 Å². The van der Waals surface area contributed by atoms with E-state index in [2.05, 4.69) is 0 Å². The second kappa shape index (κ2) is 7.56. The van der Waals surface area contributed by atoms with Crippen molar-refractivity contribution in [3.8, 4) is 0 Å². The number of rotatable bonds is 3. The van der Waals surface area contributed by atoms with Gasteiger partial charge in [0.25, 0.3) is 0 Å². The fourth-order valence-corrected chi connectivity index (χ4v) is 3.91. The summed E-state index contributed by atoms with van der Waals surface area (Å²) in [6.45, 7) is 4.17. The molecule has 0 aliphatic carbocycles. The zero-order valence-corrected chi connectivity index (χ0v) is 15.6. The number of aromatic nitrogens is 1. The summed E-state index contributed by atoms with van der Waals surface area (Å²) >= 11 is 0. The monoisotopic (exact) mass is 371 g/mol. The van der Waals surface area contributed by atoms with Crippen molar-refractivity contribution < 1.29 is 24.1 Å². The Balaban J connectivity index is 1.40. The fraction of sp³-hybridized carbons (Fsp3) is 0.476. The van der Waals surface area contributed by atoms with Crippen molar-refractivity contribution in [1.82, 2.24) is 4.57 Å². The van der Waals surface area contributed by atoms with Gasteiger partial charge in [-0.2, -0.15) is 0 Å². The predicted molar refractivity (Wildman–Crippen MR) is 98.4 cm³/mol. The summed E-state index contributed by atoms with van der Waals surface area (Å²) in [6.07, 6.45) is -1.73. The van der Waals surface area contributed by atoms with E-state index >= 15 is 0 Å². The highest BCUT2D eigenvalue weighted by molar-refractivity contribution is 5.81. The van der Waals surface area contributed by atoms with Crippen LogP contribution in [0.1, 0.15) is 40.9 Å². The molecule has 0 unspecified atom stereocenters. The van der Waals surface area contributed by atoms with Gasteiger partial charge in [0, 0.05) is 23.4 Å². The smallest absolute Gasteiger partial charge is 0.233 e. The van der Waals surface area contributed by atoms with Gasteiger partial charge >= 0.3 is 0 Å². The first-order valence-corrected chi connectivity index (χ1v) is 9.36. The first-order chi connectivity index (χ1) is 13.0. The molecule has 4 rings (SSSR count). The van der Waals surface area contributed by atoms with Crippen LogP contribution in [-0.4, -0.2) is 46.6 Å². The number of aliphatic hydroxyl groups is 1. The summed E-state index contributed by atoms with van der Waals surface area (Å²) in [7, 11) is 0. The van der Waals surface area contributed by atoms with E-state index in [1.54, 1.807) is 4.57 Å². The molecule has 1 aromatic heterocycles. The Labute approximate surface area is 158 Å². The van der Waals surface area contributed by atoms with E-state index in [0.717, 1.165) is 17.0 Å². The Hall–Kier alpha value is -1.99. The predicted octanol–water partition coefficient (Wildman–Crippen LogP) is 2.77. The molecule has 0 radical (unpaired) electrons. The average Bonchev–Trinajstić information content (AvgIpc) is 3.01. The minimum Gasteiger partial charge on any atom is -0.390 e. The number of ether oxygens (including phenoxy) is 3. The molecule has 0 saturated carbocycles. The molecule has 6 nitrogen and oxygen atoms in total. The van der Waals surface area contributed by atoms with Gasteiger partial charge in [-0.05, 0) is 26.0 Å². The van der Waals surface area contributed by atoms with E-state index < -0.39 is 18.5 Å². The number of carbonyl (C=O) groups excluding carboxylic acids is 1.